The first-order valence-corrected chi connectivity index (χ1v) is 9.98. The maximum absolute atomic E-state index is 12.8. The third kappa shape index (κ3) is 5.72. The second kappa shape index (κ2) is 9.25. The Kier molecular flexibility index (Phi) is 7.28. The molecule has 27 heavy (non-hydrogen) atoms. The fraction of sp³-hybridized carbons (Fsp3) is 0.636. The van der Waals surface area contributed by atoms with Crippen LogP contribution < -0.4 is 4.74 Å². The minimum atomic E-state index is -0.496. The monoisotopic (exact) mass is 375 g/mol. The van der Waals surface area contributed by atoms with E-state index in [0.717, 1.165) is 0 Å². The minimum absolute atomic E-state index is 0.000271. The van der Waals surface area contributed by atoms with Gasteiger partial charge in [0.2, 0.25) is 0 Å². The SMILES string of the molecule is CCOC(=O)C1CCN(C(=O)[C@H](CC)Oc2ccc(C(C)(C)C)cc2)CC1. The highest BCUT2D eigenvalue weighted by Gasteiger charge is 2.31. The molecular weight excluding hydrogens is 342 g/mol. The lowest BCUT2D eigenvalue weighted by atomic mass is 9.87. The fourth-order valence-electron chi connectivity index (χ4n) is 3.31. The average molecular weight is 376 g/mol. The smallest absolute Gasteiger partial charge is 0.309 e. The van der Waals surface area contributed by atoms with E-state index in [1.165, 1.54) is 5.56 Å². The molecule has 1 fully saturated rings. The van der Waals surface area contributed by atoms with Gasteiger partial charge < -0.3 is 14.4 Å². The van der Waals surface area contributed by atoms with Gasteiger partial charge in [-0.15, -0.1) is 0 Å². The molecule has 1 aliphatic heterocycles. The summed E-state index contributed by atoms with van der Waals surface area (Å²) in [5.41, 5.74) is 1.32. The summed E-state index contributed by atoms with van der Waals surface area (Å²) >= 11 is 0. The average Bonchev–Trinajstić information content (AvgIpc) is 2.65. The summed E-state index contributed by atoms with van der Waals surface area (Å²) < 4.78 is 11.1. The number of likely N-dealkylation sites (tertiary alicyclic amines) is 1. The second-order valence-corrected chi connectivity index (χ2v) is 8.14. The fourth-order valence-corrected chi connectivity index (χ4v) is 3.31. The number of hydrogen-bond donors (Lipinski definition) is 0. The molecule has 0 radical (unpaired) electrons. The first-order valence-electron chi connectivity index (χ1n) is 9.98. The van der Waals surface area contributed by atoms with Crippen molar-refractivity contribution in [1.82, 2.24) is 4.90 Å². The van der Waals surface area contributed by atoms with Gasteiger partial charge in [0.15, 0.2) is 6.10 Å². The summed E-state index contributed by atoms with van der Waals surface area (Å²) in [7, 11) is 0. The number of carbonyl (C=O) groups excluding carboxylic acids is 2. The molecule has 1 saturated heterocycles. The van der Waals surface area contributed by atoms with Crippen molar-refractivity contribution in [2.75, 3.05) is 19.7 Å². The van der Waals surface area contributed by atoms with E-state index in [0.29, 0.717) is 44.7 Å². The molecule has 0 spiro atoms. The van der Waals surface area contributed by atoms with Crippen molar-refractivity contribution in [2.45, 2.75) is 65.4 Å². The summed E-state index contributed by atoms with van der Waals surface area (Å²) in [6, 6.07) is 7.97. The van der Waals surface area contributed by atoms with Crippen LogP contribution in [0.5, 0.6) is 5.75 Å². The van der Waals surface area contributed by atoms with E-state index < -0.39 is 6.10 Å². The van der Waals surface area contributed by atoms with Crippen LogP contribution in [0.4, 0.5) is 0 Å². The Hall–Kier alpha value is -2.04. The summed E-state index contributed by atoms with van der Waals surface area (Å²) in [6.45, 7) is 11.8. The van der Waals surface area contributed by atoms with Crippen LogP contribution in [0.3, 0.4) is 0 Å². The normalized spacial score (nSPS) is 16.7. The van der Waals surface area contributed by atoms with Gasteiger partial charge in [-0.1, -0.05) is 39.8 Å². The molecule has 150 valence electrons. The standard InChI is InChI=1S/C22H33NO4/c1-6-19(27-18-10-8-17(9-11-18)22(3,4)5)20(24)23-14-12-16(13-15-23)21(25)26-7-2/h8-11,16,19H,6-7,12-15H2,1-5H3/t19-/m0/s1. The third-order valence-corrected chi connectivity index (χ3v) is 5.07. The van der Waals surface area contributed by atoms with Crippen molar-refractivity contribution in [3.63, 3.8) is 0 Å². The molecule has 0 bridgehead atoms. The van der Waals surface area contributed by atoms with Gasteiger partial charge in [-0.2, -0.15) is 0 Å². The van der Waals surface area contributed by atoms with Gasteiger partial charge in [0.05, 0.1) is 12.5 Å². The molecule has 0 aromatic heterocycles. The highest BCUT2D eigenvalue weighted by Crippen LogP contribution is 2.26. The van der Waals surface area contributed by atoms with Gasteiger partial charge in [0.25, 0.3) is 5.91 Å². The van der Waals surface area contributed by atoms with Gasteiger partial charge in [-0.05, 0) is 49.3 Å². The maximum Gasteiger partial charge on any atom is 0.309 e. The lowest BCUT2D eigenvalue weighted by Crippen LogP contribution is -2.46. The molecule has 1 aromatic rings. The van der Waals surface area contributed by atoms with Gasteiger partial charge in [-0.3, -0.25) is 9.59 Å². The van der Waals surface area contributed by atoms with Crippen LogP contribution in [-0.4, -0.2) is 42.6 Å². The summed E-state index contributed by atoms with van der Waals surface area (Å²) in [5.74, 6) is 0.469. The topological polar surface area (TPSA) is 55.8 Å². The summed E-state index contributed by atoms with van der Waals surface area (Å²) in [4.78, 5) is 26.5. The van der Waals surface area contributed by atoms with E-state index in [9.17, 15) is 9.59 Å². The predicted octanol–water partition coefficient (Wildman–Crippen LogP) is 3.94. The number of piperidine rings is 1. The summed E-state index contributed by atoms with van der Waals surface area (Å²) in [5, 5.41) is 0. The number of benzene rings is 1. The Morgan fingerprint density at radius 2 is 1.70 bits per heavy atom. The zero-order valence-corrected chi connectivity index (χ0v) is 17.3. The molecular formula is C22H33NO4. The van der Waals surface area contributed by atoms with Gasteiger partial charge in [-0.25, -0.2) is 0 Å². The molecule has 2 rings (SSSR count). The van der Waals surface area contributed by atoms with Crippen molar-refractivity contribution in [1.29, 1.82) is 0 Å². The number of ether oxygens (including phenoxy) is 2. The Bertz CT molecular complexity index is 625. The number of carbonyl (C=O) groups is 2. The maximum atomic E-state index is 12.8. The largest absolute Gasteiger partial charge is 0.481 e. The quantitative estimate of drug-likeness (QED) is 0.707. The predicted molar refractivity (Wildman–Crippen MR) is 106 cm³/mol. The van der Waals surface area contributed by atoms with E-state index in [1.807, 2.05) is 30.9 Å². The third-order valence-electron chi connectivity index (χ3n) is 5.07. The molecule has 0 unspecified atom stereocenters. The van der Waals surface area contributed by atoms with Crippen molar-refractivity contribution in [2.24, 2.45) is 5.92 Å². The molecule has 1 heterocycles. The van der Waals surface area contributed by atoms with Crippen LogP contribution >= 0.6 is 0 Å². The number of esters is 1. The lowest BCUT2D eigenvalue weighted by molar-refractivity contribution is -0.152. The van der Waals surface area contributed by atoms with E-state index in [-0.39, 0.29) is 23.2 Å². The minimum Gasteiger partial charge on any atom is -0.481 e. The Balaban J connectivity index is 1.93. The molecule has 0 saturated carbocycles. The summed E-state index contributed by atoms with van der Waals surface area (Å²) in [6.07, 6.45) is 1.42. The Labute approximate surface area is 163 Å². The Morgan fingerprint density at radius 1 is 1.11 bits per heavy atom. The van der Waals surface area contributed by atoms with Crippen molar-refractivity contribution >= 4 is 11.9 Å². The zero-order chi connectivity index (χ0) is 20.0. The van der Waals surface area contributed by atoms with E-state index >= 15 is 0 Å². The van der Waals surface area contributed by atoms with Crippen LogP contribution in [0.1, 0.15) is 59.4 Å². The molecule has 5 nitrogen and oxygen atoms in total. The molecule has 1 amide bonds. The van der Waals surface area contributed by atoms with Crippen molar-refractivity contribution in [3.8, 4) is 5.75 Å². The molecule has 0 N–H and O–H groups in total. The molecule has 1 aliphatic rings. The molecule has 5 heteroatoms. The number of rotatable bonds is 6. The van der Waals surface area contributed by atoms with Gasteiger partial charge >= 0.3 is 5.97 Å². The van der Waals surface area contributed by atoms with Crippen LogP contribution in [0, 0.1) is 5.92 Å². The van der Waals surface area contributed by atoms with Crippen LogP contribution in [0.25, 0.3) is 0 Å². The first-order chi connectivity index (χ1) is 12.8. The Morgan fingerprint density at radius 3 is 2.19 bits per heavy atom. The van der Waals surface area contributed by atoms with Crippen LogP contribution in [0.15, 0.2) is 24.3 Å². The lowest BCUT2D eigenvalue weighted by Gasteiger charge is -2.33. The van der Waals surface area contributed by atoms with Crippen molar-refractivity contribution < 1.29 is 19.1 Å². The van der Waals surface area contributed by atoms with Crippen LogP contribution in [0.2, 0.25) is 0 Å². The van der Waals surface area contributed by atoms with Crippen molar-refractivity contribution in [3.05, 3.63) is 29.8 Å². The number of amides is 1. The van der Waals surface area contributed by atoms with E-state index in [4.69, 9.17) is 9.47 Å². The van der Waals surface area contributed by atoms with E-state index in [2.05, 4.69) is 32.9 Å². The highest BCUT2D eigenvalue weighted by molar-refractivity contribution is 5.81. The number of hydrogen-bond acceptors (Lipinski definition) is 4. The van der Waals surface area contributed by atoms with Gasteiger partial charge in [0, 0.05) is 13.1 Å². The highest BCUT2D eigenvalue weighted by atomic mass is 16.5. The zero-order valence-electron chi connectivity index (χ0n) is 17.3. The first kappa shape index (κ1) is 21.3. The van der Waals surface area contributed by atoms with Gasteiger partial charge in [0.1, 0.15) is 5.75 Å². The molecule has 1 aromatic carbocycles. The molecule has 1 atom stereocenters. The second-order valence-electron chi connectivity index (χ2n) is 8.14. The number of nitrogens with zero attached hydrogens (tertiary/aromatic N) is 1. The van der Waals surface area contributed by atoms with E-state index in [1.54, 1.807) is 0 Å². The molecule has 0 aliphatic carbocycles. The van der Waals surface area contributed by atoms with Crippen LogP contribution in [-0.2, 0) is 19.7 Å².